The van der Waals surface area contributed by atoms with Crippen molar-refractivity contribution in [1.29, 1.82) is 0 Å². The maximum atomic E-state index is 3.53. The van der Waals surface area contributed by atoms with Crippen molar-refractivity contribution >= 4 is 0 Å². The predicted octanol–water partition coefficient (Wildman–Crippen LogP) is 2.49. The normalized spacial score (nSPS) is 23.1. The van der Waals surface area contributed by atoms with Crippen molar-refractivity contribution in [3.63, 3.8) is 0 Å². The average Bonchev–Trinajstić information content (AvgIpc) is 2.22. The first-order valence-corrected chi connectivity index (χ1v) is 6.21. The maximum absolute atomic E-state index is 3.53. The molecule has 0 amide bonds. The second-order valence-electron chi connectivity index (χ2n) is 3.99. The van der Waals surface area contributed by atoms with Crippen molar-refractivity contribution in [3.05, 3.63) is 0 Å². The molecule has 1 unspecified atom stereocenters. The lowest BCUT2D eigenvalue weighted by atomic mass is 10.0. The van der Waals surface area contributed by atoms with Crippen molar-refractivity contribution in [3.8, 4) is 0 Å². The van der Waals surface area contributed by atoms with E-state index < -0.39 is 0 Å². The van der Waals surface area contributed by atoms with Crippen molar-refractivity contribution in [1.82, 2.24) is 10.2 Å². The smallest absolute Gasteiger partial charge is 0.0195 e. The van der Waals surface area contributed by atoms with Gasteiger partial charge in [-0.3, -0.25) is 4.90 Å². The topological polar surface area (TPSA) is 15.3 Å². The number of likely N-dealkylation sites (tertiary alicyclic amines) is 1. The molecule has 0 saturated carbocycles. The lowest BCUT2D eigenvalue weighted by Gasteiger charge is -2.35. The highest BCUT2D eigenvalue weighted by molar-refractivity contribution is 4.79. The van der Waals surface area contributed by atoms with Gasteiger partial charge in [-0.15, -0.1) is 0 Å². The molecule has 0 aromatic carbocycles. The first kappa shape index (κ1) is 13.9. The first-order chi connectivity index (χ1) is 6.74. The van der Waals surface area contributed by atoms with E-state index in [-0.39, 0.29) is 0 Å². The fraction of sp³-hybridized carbons (Fsp3) is 1.00. The zero-order valence-electron chi connectivity index (χ0n) is 10.6. The Bertz CT molecular complexity index is 121. The van der Waals surface area contributed by atoms with Gasteiger partial charge in [-0.2, -0.15) is 0 Å². The van der Waals surface area contributed by atoms with Gasteiger partial charge in [-0.05, 0) is 39.8 Å². The van der Waals surface area contributed by atoms with Crippen LogP contribution >= 0.6 is 0 Å². The SMILES string of the molecule is CC.CCNC1CCCN(C(C)C)C1. The van der Waals surface area contributed by atoms with Crippen molar-refractivity contribution < 1.29 is 0 Å². The van der Waals surface area contributed by atoms with Gasteiger partial charge >= 0.3 is 0 Å². The van der Waals surface area contributed by atoms with Crippen LogP contribution in [0.4, 0.5) is 0 Å². The molecule has 2 heteroatoms. The van der Waals surface area contributed by atoms with Crippen molar-refractivity contribution in [2.75, 3.05) is 19.6 Å². The molecule has 1 aliphatic rings. The number of likely N-dealkylation sites (N-methyl/N-ethyl adjacent to an activating group) is 1. The van der Waals surface area contributed by atoms with E-state index in [1.807, 2.05) is 13.8 Å². The number of nitrogens with one attached hydrogen (secondary N) is 1. The molecule has 0 aromatic rings. The van der Waals surface area contributed by atoms with E-state index in [0.717, 1.165) is 12.6 Å². The van der Waals surface area contributed by atoms with Crippen LogP contribution in [0.25, 0.3) is 0 Å². The predicted molar refractivity (Wildman–Crippen MR) is 64.8 cm³/mol. The molecule has 0 aromatic heterocycles. The highest BCUT2D eigenvalue weighted by atomic mass is 15.2. The highest BCUT2D eigenvalue weighted by Gasteiger charge is 2.20. The van der Waals surface area contributed by atoms with Gasteiger partial charge in [0.1, 0.15) is 0 Å². The Morgan fingerprint density at radius 2 is 2.00 bits per heavy atom. The van der Waals surface area contributed by atoms with Gasteiger partial charge in [0.25, 0.3) is 0 Å². The molecule has 1 aliphatic heterocycles. The average molecular weight is 200 g/mol. The van der Waals surface area contributed by atoms with Gasteiger partial charge in [-0.1, -0.05) is 20.8 Å². The van der Waals surface area contributed by atoms with Crippen LogP contribution in [0.3, 0.4) is 0 Å². The number of rotatable bonds is 3. The fourth-order valence-corrected chi connectivity index (χ4v) is 1.93. The van der Waals surface area contributed by atoms with E-state index in [1.165, 1.54) is 25.9 Å². The Morgan fingerprint density at radius 1 is 1.36 bits per heavy atom. The molecule has 0 bridgehead atoms. The summed E-state index contributed by atoms with van der Waals surface area (Å²) in [6.45, 7) is 14.4. The molecule has 86 valence electrons. The third-order valence-electron chi connectivity index (χ3n) is 2.68. The van der Waals surface area contributed by atoms with Gasteiger partial charge in [0.15, 0.2) is 0 Å². The molecule has 1 atom stereocenters. The first-order valence-electron chi connectivity index (χ1n) is 6.21. The van der Waals surface area contributed by atoms with E-state index in [9.17, 15) is 0 Å². The standard InChI is InChI=1S/C10H22N2.C2H6/c1-4-11-10-6-5-7-12(8-10)9(2)3;1-2/h9-11H,4-8H2,1-3H3;1-2H3. The maximum Gasteiger partial charge on any atom is 0.0195 e. The van der Waals surface area contributed by atoms with Crippen LogP contribution in [0.2, 0.25) is 0 Å². The lowest BCUT2D eigenvalue weighted by molar-refractivity contribution is 0.155. The van der Waals surface area contributed by atoms with E-state index >= 15 is 0 Å². The van der Waals surface area contributed by atoms with Crippen LogP contribution in [0, 0.1) is 0 Å². The molecule has 2 nitrogen and oxygen atoms in total. The zero-order chi connectivity index (χ0) is 11.0. The van der Waals surface area contributed by atoms with Gasteiger partial charge < -0.3 is 5.32 Å². The third kappa shape index (κ3) is 4.97. The lowest BCUT2D eigenvalue weighted by Crippen LogP contribution is -2.48. The molecule has 1 rings (SSSR count). The summed E-state index contributed by atoms with van der Waals surface area (Å²) < 4.78 is 0. The second-order valence-corrected chi connectivity index (χ2v) is 3.99. The Morgan fingerprint density at radius 3 is 2.50 bits per heavy atom. The Kier molecular flexibility index (Phi) is 8.20. The molecule has 1 N–H and O–H groups in total. The quantitative estimate of drug-likeness (QED) is 0.753. The minimum absolute atomic E-state index is 0.714. The fourth-order valence-electron chi connectivity index (χ4n) is 1.93. The summed E-state index contributed by atoms with van der Waals surface area (Å²) in [5.74, 6) is 0. The summed E-state index contributed by atoms with van der Waals surface area (Å²) in [6.07, 6.45) is 2.72. The van der Waals surface area contributed by atoms with Gasteiger partial charge in [0.2, 0.25) is 0 Å². The van der Waals surface area contributed by atoms with E-state index in [4.69, 9.17) is 0 Å². The minimum atomic E-state index is 0.714. The van der Waals surface area contributed by atoms with Crippen molar-refractivity contribution in [2.45, 2.75) is 59.5 Å². The minimum Gasteiger partial charge on any atom is -0.313 e. The molecular formula is C12H28N2. The summed E-state index contributed by atoms with van der Waals surface area (Å²) in [7, 11) is 0. The Hall–Kier alpha value is -0.0800. The third-order valence-corrected chi connectivity index (χ3v) is 2.68. The van der Waals surface area contributed by atoms with Crippen molar-refractivity contribution in [2.24, 2.45) is 0 Å². The highest BCUT2D eigenvalue weighted by Crippen LogP contribution is 2.12. The second kappa shape index (κ2) is 8.25. The van der Waals surface area contributed by atoms with Gasteiger partial charge in [0.05, 0.1) is 0 Å². The molecule has 0 radical (unpaired) electrons. The van der Waals surface area contributed by atoms with Crippen LogP contribution in [0.1, 0.15) is 47.5 Å². The number of piperidine rings is 1. The summed E-state index contributed by atoms with van der Waals surface area (Å²) in [4.78, 5) is 2.57. The largest absolute Gasteiger partial charge is 0.313 e. The van der Waals surface area contributed by atoms with Crippen LogP contribution in [0.15, 0.2) is 0 Å². The van der Waals surface area contributed by atoms with Crippen LogP contribution < -0.4 is 5.32 Å². The number of hydrogen-bond donors (Lipinski definition) is 1. The molecule has 0 aliphatic carbocycles. The van der Waals surface area contributed by atoms with Crippen LogP contribution in [0.5, 0.6) is 0 Å². The van der Waals surface area contributed by atoms with Crippen LogP contribution in [-0.2, 0) is 0 Å². The monoisotopic (exact) mass is 200 g/mol. The summed E-state index contributed by atoms with van der Waals surface area (Å²) >= 11 is 0. The molecule has 1 saturated heterocycles. The Balaban J connectivity index is 0.000000791. The summed E-state index contributed by atoms with van der Waals surface area (Å²) in [5.41, 5.74) is 0. The summed E-state index contributed by atoms with van der Waals surface area (Å²) in [5, 5.41) is 3.53. The van der Waals surface area contributed by atoms with E-state index in [1.54, 1.807) is 0 Å². The van der Waals surface area contributed by atoms with E-state index in [0.29, 0.717) is 6.04 Å². The van der Waals surface area contributed by atoms with Gasteiger partial charge in [-0.25, -0.2) is 0 Å². The molecular weight excluding hydrogens is 172 g/mol. The summed E-state index contributed by atoms with van der Waals surface area (Å²) in [6, 6.07) is 1.46. The Labute approximate surface area is 90.1 Å². The van der Waals surface area contributed by atoms with Gasteiger partial charge in [0, 0.05) is 18.6 Å². The number of hydrogen-bond acceptors (Lipinski definition) is 2. The zero-order valence-corrected chi connectivity index (χ0v) is 10.6. The van der Waals surface area contributed by atoms with Crippen LogP contribution in [-0.4, -0.2) is 36.6 Å². The molecule has 0 spiro atoms. The molecule has 1 fully saturated rings. The molecule has 1 heterocycles. The molecule has 14 heavy (non-hydrogen) atoms. The van der Waals surface area contributed by atoms with E-state index in [2.05, 4.69) is 31.0 Å². The number of nitrogens with zero attached hydrogens (tertiary/aromatic N) is 1.